The molecule has 0 aliphatic carbocycles. The molecular weight excluding hydrogens is 346 g/mol. The molecule has 0 saturated carbocycles. The monoisotopic (exact) mass is 371 g/mol. The fourth-order valence-corrected chi connectivity index (χ4v) is 2.75. The molecule has 1 aromatic carbocycles. The van der Waals surface area contributed by atoms with Crippen molar-refractivity contribution in [2.24, 2.45) is 0 Å². The van der Waals surface area contributed by atoms with Crippen molar-refractivity contribution in [2.75, 3.05) is 38.3 Å². The van der Waals surface area contributed by atoms with Crippen molar-refractivity contribution in [1.29, 1.82) is 0 Å². The number of morpholine rings is 1. The minimum absolute atomic E-state index is 0.178. The number of amides is 1. The number of anilines is 1. The van der Waals surface area contributed by atoms with E-state index in [4.69, 9.17) is 14.2 Å². The highest BCUT2D eigenvalue weighted by molar-refractivity contribution is 5.80. The lowest BCUT2D eigenvalue weighted by molar-refractivity contribution is -0.127. The third-order valence-corrected chi connectivity index (χ3v) is 4.35. The summed E-state index contributed by atoms with van der Waals surface area (Å²) in [5, 5.41) is 2.88. The van der Waals surface area contributed by atoms with Crippen LogP contribution in [-0.4, -0.2) is 50.4 Å². The summed E-state index contributed by atoms with van der Waals surface area (Å²) in [5.41, 5.74) is 0.942. The summed E-state index contributed by atoms with van der Waals surface area (Å²) in [6, 6.07) is 11.1. The van der Waals surface area contributed by atoms with Gasteiger partial charge in [-0.2, -0.15) is 0 Å². The molecule has 1 N–H and O–H groups in total. The zero-order valence-electron chi connectivity index (χ0n) is 15.7. The van der Waals surface area contributed by atoms with Gasteiger partial charge in [-0.3, -0.25) is 4.79 Å². The van der Waals surface area contributed by atoms with E-state index in [0.29, 0.717) is 12.3 Å². The van der Waals surface area contributed by atoms with E-state index in [0.717, 1.165) is 43.4 Å². The van der Waals surface area contributed by atoms with Crippen LogP contribution in [0.3, 0.4) is 0 Å². The highest BCUT2D eigenvalue weighted by Gasteiger charge is 2.15. The van der Waals surface area contributed by atoms with Crippen molar-refractivity contribution in [3.63, 3.8) is 0 Å². The average Bonchev–Trinajstić information content (AvgIpc) is 2.73. The van der Waals surface area contributed by atoms with Crippen molar-refractivity contribution in [3.05, 3.63) is 48.2 Å². The van der Waals surface area contributed by atoms with Crippen molar-refractivity contribution < 1.29 is 19.0 Å². The molecule has 0 radical (unpaired) electrons. The van der Waals surface area contributed by atoms with E-state index in [2.05, 4.69) is 15.2 Å². The summed E-state index contributed by atoms with van der Waals surface area (Å²) in [6.07, 6.45) is 1.19. The number of methoxy groups -OCH3 is 1. The third-order valence-electron chi connectivity index (χ3n) is 4.35. The van der Waals surface area contributed by atoms with Gasteiger partial charge in [-0.1, -0.05) is 6.07 Å². The van der Waals surface area contributed by atoms with Gasteiger partial charge >= 0.3 is 0 Å². The molecule has 1 atom stereocenters. The molecule has 7 heteroatoms. The van der Waals surface area contributed by atoms with E-state index < -0.39 is 6.10 Å². The summed E-state index contributed by atoms with van der Waals surface area (Å²) in [7, 11) is 1.61. The van der Waals surface area contributed by atoms with Gasteiger partial charge in [0.1, 0.15) is 17.3 Å². The maximum absolute atomic E-state index is 12.3. The number of ether oxygens (including phenoxy) is 3. The Bertz CT molecular complexity index is 728. The molecule has 1 amide bonds. The van der Waals surface area contributed by atoms with Crippen LogP contribution in [0.15, 0.2) is 42.6 Å². The molecule has 144 valence electrons. The largest absolute Gasteiger partial charge is 0.497 e. The fourth-order valence-electron chi connectivity index (χ4n) is 2.75. The number of nitrogens with zero attached hydrogens (tertiary/aromatic N) is 2. The van der Waals surface area contributed by atoms with Crippen LogP contribution in [0.25, 0.3) is 0 Å². The van der Waals surface area contributed by atoms with Gasteiger partial charge in [-0.15, -0.1) is 0 Å². The van der Waals surface area contributed by atoms with Crippen LogP contribution in [0.1, 0.15) is 12.5 Å². The lowest BCUT2D eigenvalue weighted by Crippen LogP contribution is -2.37. The molecule has 3 rings (SSSR count). The Balaban J connectivity index is 1.47. The van der Waals surface area contributed by atoms with E-state index in [1.165, 1.54) is 0 Å². The van der Waals surface area contributed by atoms with E-state index in [1.807, 2.05) is 12.1 Å². The number of hydrogen-bond acceptors (Lipinski definition) is 6. The lowest BCUT2D eigenvalue weighted by Gasteiger charge is -2.27. The SMILES string of the molecule is COc1ccc(OC(C)C(=O)NCc2ccc(N3CCOCC3)nc2)cc1. The minimum Gasteiger partial charge on any atom is -0.497 e. The van der Waals surface area contributed by atoms with Crippen LogP contribution in [0.4, 0.5) is 5.82 Å². The number of benzene rings is 1. The normalized spacial score (nSPS) is 15.1. The number of rotatable bonds is 7. The standard InChI is InChI=1S/C20H25N3O4/c1-15(27-18-6-4-17(25-2)5-7-18)20(24)22-14-16-3-8-19(21-13-16)23-9-11-26-12-10-23/h3-8,13,15H,9-12,14H2,1-2H3,(H,22,24). The molecule has 1 aromatic heterocycles. The van der Waals surface area contributed by atoms with Crippen molar-refractivity contribution in [2.45, 2.75) is 19.6 Å². The quantitative estimate of drug-likeness (QED) is 0.803. The summed E-state index contributed by atoms with van der Waals surface area (Å²) >= 11 is 0. The van der Waals surface area contributed by atoms with Crippen LogP contribution in [-0.2, 0) is 16.1 Å². The zero-order chi connectivity index (χ0) is 19.1. The summed E-state index contributed by atoms with van der Waals surface area (Å²) in [5.74, 6) is 2.12. The Labute approximate surface area is 159 Å². The van der Waals surface area contributed by atoms with Crippen molar-refractivity contribution in [1.82, 2.24) is 10.3 Å². The van der Waals surface area contributed by atoms with Crippen LogP contribution in [0.5, 0.6) is 11.5 Å². The molecule has 1 unspecified atom stereocenters. The smallest absolute Gasteiger partial charge is 0.261 e. The molecular formula is C20H25N3O4. The Morgan fingerprint density at radius 2 is 1.89 bits per heavy atom. The van der Waals surface area contributed by atoms with Gasteiger partial charge in [0, 0.05) is 25.8 Å². The van der Waals surface area contributed by atoms with Gasteiger partial charge in [0.15, 0.2) is 6.10 Å². The lowest BCUT2D eigenvalue weighted by atomic mass is 10.2. The molecule has 2 heterocycles. The predicted molar refractivity (Wildman–Crippen MR) is 102 cm³/mol. The van der Waals surface area contributed by atoms with E-state index >= 15 is 0 Å². The molecule has 7 nitrogen and oxygen atoms in total. The molecule has 1 fully saturated rings. The van der Waals surface area contributed by atoms with E-state index in [-0.39, 0.29) is 5.91 Å². The topological polar surface area (TPSA) is 72.9 Å². The summed E-state index contributed by atoms with van der Waals surface area (Å²) in [4.78, 5) is 18.9. The predicted octanol–water partition coefficient (Wildman–Crippen LogP) is 2.01. The zero-order valence-corrected chi connectivity index (χ0v) is 15.7. The maximum Gasteiger partial charge on any atom is 0.261 e. The highest BCUT2D eigenvalue weighted by Crippen LogP contribution is 2.18. The fraction of sp³-hybridized carbons (Fsp3) is 0.400. The van der Waals surface area contributed by atoms with E-state index in [1.54, 1.807) is 44.5 Å². The molecule has 0 spiro atoms. The number of nitrogens with one attached hydrogen (secondary N) is 1. The van der Waals surface area contributed by atoms with Gasteiger partial charge in [0.2, 0.25) is 0 Å². The first-order valence-electron chi connectivity index (χ1n) is 9.02. The first kappa shape index (κ1) is 19.0. The second-order valence-electron chi connectivity index (χ2n) is 6.28. The second kappa shape index (κ2) is 9.23. The van der Waals surface area contributed by atoms with Gasteiger partial charge in [0.05, 0.1) is 20.3 Å². The molecule has 0 bridgehead atoms. The molecule has 1 saturated heterocycles. The third kappa shape index (κ3) is 5.34. The van der Waals surface area contributed by atoms with Crippen molar-refractivity contribution in [3.8, 4) is 11.5 Å². The number of hydrogen-bond donors (Lipinski definition) is 1. The summed E-state index contributed by atoms with van der Waals surface area (Å²) < 4.78 is 16.1. The summed E-state index contributed by atoms with van der Waals surface area (Å²) in [6.45, 7) is 5.29. The number of pyridine rings is 1. The number of carbonyl (C=O) groups is 1. The van der Waals surface area contributed by atoms with Gasteiger partial charge < -0.3 is 24.4 Å². The number of carbonyl (C=O) groups excluding carboxylic acids is 1. The van der Waals surface area contributed by atoms with Crippen LogP contribution in [0.2, 0.25) is 0 Å². The Morgan fingerprint density at radius 1 is 1.19 bits per heavy atom. The van der Waals surface area contributed by atoms with Crippen molar-refractivity contribution >= 4 is 11.7 Å². The van der Waals surface area contributed by atoms with Gasteiger partial charge in [0.25, 0.3) is 5.91 Å². The van der Waals surface area contributed by atoms with Gasteiger partial charge in [-0.25, -0.2) is 4.98 Å². The van der Waals surface area contributed by atoms with Gasteiger partial charge in [-0.05, 0) is 42.8 Å². The average molecular weight is 371 g/mol. The van der Waals surface area contributed by atoms with Crippen LogP contribution in [0, 0.1) is 0 Å². The molecule has 2 aromatic rings. The first-order chi connectivity index (χ1) is 13.2. The minimum atomic E-state index is -0.598. The molecule has 27 heavy (non-hydrogen) atoms. The van der Waals surface area contributed by atoms with Crippen LogP contribution < -0.4 is 19.7 Å². The first-order valence-corrected chi connectivity index (χ1v) is 9.02. The Morgan fingerprint density at radius 3 is 2.52 bits per heavy atom. The Hall–Kier alpha value is -2.80. The Kier molecular flexibility index (Phi) is 6.49. The number of aromatic nitrogens is 1. The molecule has 1 aliphatic rings. The van der Waals surface area contributed by atoms with Crippen LogP contribution >= 0.6 is 0 Å². The maximum atomic E-state index is 12.3. The second-order valence-corrected chi connectivity index (χ2v) is 6.28. The molecule has 1 aliphatic heterocycles. The van der Waals surface area contributed by atoms with E-state index in [9.17, 15) is 4.79 Å². The highest BCUT2D eigenvalue weighted by atomic mass is 16.5.